The van der Waals surface area contributed by atoms with Gasteiger partial charge in [-0.2, -0.15) is 0 Å². The van der Waals surface area contributed by atoms with Crippen LogP contribution in [0.2, 0.25) is 0 Å². The van der Waals surface area contributed by atoms with Gasteiger partial charge in [-0.3, -0.25) is 0 Å². The quantitative estimate of drug-likeness (QED) is 0.572. The molecule has 0 aliphatic rings. The van der Waals surface area contributed by atoms with Crippen LogP contribution in [0, 0.1) is 5.92 Å². The van der Waals surface area contributed by atoms with Gasteiger partial charge in [0, 0.05) is 6.04 Å². The maximum Gasteiger partial charge on any atom is 0.00634 e. The minimum Gasteiger partial charge on any atom is -0.307 e. The summed E-state index contributed by atoms with van der Waals surface area (Å²) >= 11 is 0. The molecule has 72 valence electrons. The highest BCUT2D eigenvalue weighted by Crippen LogP contribution is 2.13. The van der Waals surface area contributed by atoms with Gasteiger partial charge in [0.05, 0.1) is 0 Å². The summed E-state index contributed by atoms with van der Waals surface area (Å²) in [5, 5.41) is 0. The second kappa shape index (κ2) is 6.24. The topological polar surface area (TPSA) is 3.24 Å². The molecule has 0 aromatic heterocycles. The molecular formula is C11H23N. The van der Waals surface area contributed by atoms with Gasteiger partial charge >= 0.3 is 0 Å². The van der Waals surface area contributed by atoms with E-state index in [-0.39, 0.29) is 0 Å². The fraction of sp³-hybridized carbons (Fsp3) is 0.818. The van der Waals surface area contributed by atoms with Crippen molar-refractivity contribution in [3.63, 3.8) is 0 Å². The van der Waals surface area contributed by atoms with Crippen LogP contribution in [0.25, 0.3) is 0 Å². The third-order valence-electron chi connectivity index (χ3n) is 2.40. The molecule has 0 fully saturated rings. The average molecular weight is 169 g/mol. The molecule has 0 radical (unpaired) electrons. The molecule has 0 spiro atoms. The van der Waals surface area contributed by atoms with Crippen LogP contribution >= 0.6 is 0 Å². The fourth-order valence-corrected chi connectivity index (χ4v) is 1.26. The van der Waals surface area contributed by atoms with Crippen molar-refractivity contribution < 1.29 is 0 Å². The largest absolute Gasteiger partial charge is 0.307 e. The van der Waals surface area contributed by atoms with E-state index in [4.69, 9.17) is 0 Å². The monoisotopic (exact) mass is 169 g/mol. The first-order valence-electron chi connectivity index (χ1n) is 4.85. The minimum absolute atomic E-state index is 0.699. The van der Waals surface area contributed by atoms with Crippen LogP contribution in [-0.2, 0) is 0 Å². The summed E-state index contributed by atoms with van der Waals surface area (Å²) in [6.07, 6.45) is 6.90. The number of nitrogens with zero attached hydrogens (tertiary/aromatic N) is 1. The Kier molecular flexibility index (Phi) is 6.09. The van der Waals surface area contributed by atoms with E-state index in [9.17, 15) is 0 Å². The summed E-state index contributed by atoms with van der Waals surface area (Å²) in [7, 11) is 4.29. The smallest absolute Gasteiger partial charge is 0.00634 e. The Balaban J connectivity index is 3.60. The Hall–Kier alpha value is -0.300. The standard InChI is InChI=1S/C11H23N/c1-6-7-8-10(2)9-11(3)12(4)5/h6-7,10-11H,8-9H2,1-5H3/b7-6+/t10-,11-/m1/s1. The highest BCUT2D eigenvalue weighted by atomic mass is 15.1. The normalized spacial score (nSPS) is 17.2. The zero-order valence-corrected chi connectivity index (χ0v) is 9.17. The molecule has 0 aliphatic heterocycles. The first kappa shape index (κ1) is 11.7. The van der Waals surface area contributed by atoms with Gasteiger partial charge in [0.15, 0.2) is 0 Å². The van der Waals surface area contributed by atoms with Crippen molar-refractivity contribution in [1.29, 1.82) is 0 Å². The first-order valence-corrected chi connectivity index (χ1v) is 4.85. The lowest BCUT2D eigenvalue weighted by atomic mass is 9.99. The van der Waals surface area contributed by atoms with Crippen LogP contribution in [0.1, 0.15) is 33.6 Å². The molecule has 0 aromatic carbocycles. The SMILES string of the molecule is C/C=C/C[C@@H](C)C[C@@H](C)N(C)C. The zero-order valence-electron chi connectivity index (χ0n) is 9.17. The maximum atomic E-state index is 2.32. The van der Waals surface area contributed by atoms with Gasteiger partial charge in [-0.15, -0.1) is 0 Å². The average Bonchev–Trinajstić information content (AvgIpc) is 2.00. The molecular weight excluding hydrogens is 146 g/mol. The molecule has 1 heteroatoms. The van der Waals surface area contributed by atoms with E-state index in [0.717, 1.165) is 5.92 Å². The lowest BCUT2D eigenvalue weighted by Gasteiger charge is -2.22. The van der Waals surface area contributed by atoms with Gasteiger partial charge in [-0.1, -0.05) is 19.1 Å². The Morgan fingerprint density at radius 2 is 1.83 bits per heavy atom. The molecule has 0 bridgehead atoms. The van der Waals surface area contributed by atoms with Crippen molar-refractivity contribution in [2.45, 2.75) is 39.7 Å². The highest BCUT2D eigenvalue weighted by molar-refractivity contribution is 4.80. The van der Waals surface area contributed by atoms with Crippen molar-refractivity contribution in [3.8, 4) is 0 Å². The van der Waals surface area contributed by atoms with Gasteiger partial charge in [0.2, 0.25) is 0 Å². The molecule has 0 N–H and O–H groups in total. The molecule has 0 saturated carbocycles. The van der Waals surface area contributed by atoms with Gasteiger partial charge in [0.25, 0.3) is 0 Å². The van der Waals surface area contributed by atoms with Gasteiger partial charge in [-0.25, -0.2) is 0 Å². The summed E-state index contributed by atoms with van der Waals surface area (Å²) in [4.78, 5) is 2.28. The van der Waals surface area contributed by atoms with Crippen molar-refractivity contribution in [2.24, 2.45) is 5.92 Å². The third-order valence-corrected chi connectivity index (χ3v) is 2.40. The number of hydrogen-bond donors (Lipinski definition) is 0. The van der Waals surface area contributed by atoms with E-state index >= 15 is 0 Å². The fourth-order valence-electron chi connectivity index (χ4n) is 1.26. The minimum atomic E-state index is 0.699. The van der Waals surface area contributed by atoms with Crippen LogP contribution < -0.4 is 0 Å². The second-order valence-corrected chi connectivity index (χ2v) is 3.96. The van der Waals surface area contributed by atoms with Crippen molar-refractivity contribution in [2.75, 3.05) is 14.1 Å². The highest BCUT2D eigenvalue weighted by Gasteiger charge is 2.08. The van der Waals surface area contributed by atoms with E-state index in [1.165, 1.54) is 12.8 Å². The molecule has 12 heavy (non-hydrogen) atoms. The van der Waals surface area contributed by atoms with E-state index < -0.39 is 0 Å². The van der Waals surface area contributed by atoms with E-state index in [1.807, 2.05) is 0 Å². The van der Waals surface area contributed by atoms with E-state index in [1.54, 1.807) is 0 Å². The Morgan fingerprint density at radius 1 is 1.25 bits per heavy atom. The molecule has 0 aromatic rings. The van der Waals surface area contributed by atoms with Crippen LogP contribution in [0.5, 0.6) is 0 Å². The summed E-state index contributed by atoms with van der Waals surface area (Å²) in [6, 6.07) is 0.699. The summed E-state index contributed by atoms with van der Waals surface area (Å²) in [5.74, 6) is 0.804. The van der Waals surface area contributed by atoms with Crippen molar-refractivity contribution in [3.05, 3.63) is 12.2 Å². The molecule has 0 aliphatic carbocycles. The summed E-state index contributed by atoms with van der Waals surface area (Å²) in [6.45, 7) is 6.69. The Bertz CT molecular complexity index is 127. The molecule has 0 rings (SSSR count). The van der Waals surface area contributed by atoms with Crippen molar-refractivity contribution >= 4 is 0 Å². The maximum absolute atomic E-state index is 2.32. The van der Waals surface area contributed by atoms with E-state index in [0.29, 0.717) is 6.04 Å². The van der Waals surface area contributed by atoms with Gasteiger partial charge in [-0.05, 0) is 46.7 Å². The predicted octanol–water partition coefficient (Wildman–Crippen LogP) is 2.93. The number of allylic oxidation sites excluding steroid dienone is 2. The number of rotatable bonds is 5. The van der Waals surface area contributed by atoms with Crippen LogP contribution in [0.15, 0.2) is 12.2 Å². The Morgan fingerprint density at radius 3 is 2.25 bits per heavy atom. The molecule has 1 nitrogen and oxygen atoms in total. The molecule has 0 amide bonds. The lowest BCUT2D eigenvalue weighted by Crippen LogP contribution is -2.26. The molecule has 0 saturated heterocycles. The van der Waals surface area contributed by atoms with Gasteiger partial charge < -0.3 is 4.90 Å². The zero-order chi connectivity index (χ0) is 9.56. The van der Waals surface area contributed by atoms with Gasteiger partial charge in [0.1, 0.15) is 0 Å². The summed E-state index contributed by atoms with van der Waals surface area (Å²) in [5.41, 5.74) is 0. The second-order valence-electron chi connectivity index (χ2n) is 3.96. The van der Waals surface area contributed by atoms with Crippen LogP contribution in [0.4, 0.5) is 0 Å². The summed E-state index contributed by atoms with van der Waals surface area (Å²) < 4.78 is 0. The predicted molar refractivity (Wildman–Crippen MR) is 56.4 cm³/mol. The van der Waals surface area contributed by atoms with E-state index in [2.05, 4.69) is 51.9 Å². The van der Waals surface area contributed by atoms with Crippen LogP contribution in [0.3, 0.4) is 0 Å². The molecule has 0 unspecified atom stereocenters. The third kappa shape index (κ3) is 5.36. The molecule has 0 heterocycles. The number of hydrogen-bond acceptors (Lipinski definition) is 1. The van der Waals surface area contributed by atoms with Crippen molar-refractivity contribution in [1.82, 2.24) is 4.90 Å². The molecule has 2 atom stereocenters. The first-order chi connectivity index (χ1) is 5.57. The lowest BCUT2D eigenvalue weighted by molar-refractivity contribution is 0.268. The van der Waals surface area contributed by atoms with Crippen LogP contribution in [-0.4, -0.2) is 25.0 Å². The Labute approximate surface area is 77.5 Å².